The zero-order valence-corrected chi connectivity index (χ0v) is 15.2. The fourth-order valence-electron chi connectivity index (χ4n) is 3.24. The molecule has 2 aromatic rings. The van der Waals surface area contributed by atoms with Gasteiger partial charge in [-0.05, 0) is 55.5 Å². The number of nitrogens with zero attached hydrogens (tertiary/aromatic N) is 1. The largest absolute Gasteiger partial charge is 0.496 e. The summed E-state index contributed by atoms with van der Waals surface area (Å²) in [4.78, 5) is 0.372. The van der Waals surface area contributed by atoms with Gasteiger partial charge in [-0.15, -0.1) is 0 Å². The molecule has 1 aliphatic rings. The molecule has 0 fully saturated rings. The summed E-state index contributed by atoms with van der Waals surface area (Å²) in [6, 6.07) is 11.3. The van der Waals surface area contributed by atoms with Crippen molar-refractivity contribution < 1.29 is 13.2 Å². The molecule has 0 saturated heterocycles. The number of methoxy groups -OCH3 is 1. The Morgan fingerprint density at radius 2 is 1.83 bits per heavy atom. The Morgan fingerprint density at radius 1 is 1.08 bits per heavy atom. The van der Waals surface area contributed by atoms with Gasteiger partial charge in [0.1, 0.15) is 5.75 Å². The van der Waals surface area contributed by atoms with E-state index in [2.05, 4.69) is 0 Å². The van der Waals surface area contributed by atoms with E-state index in [9.17, 15) is 8.42 Å². The highest BCUT2D eigenvalue weighted by molar-refractivity contribution is 7.89. The third-order valence-corrected chi connectivity index (χ3v) is 6.41. The molecule has 0 bridgehead atoms. The van der Waals surface area contributed by atoms with E-state index in [1.54, 1.807) is 20.2 Å². The molecule has 0 N–H and O–H groups in total. The molecule has 0 atom stereocenters. The molecule has 0 heterocycles. The topological polar surface area (TPSA) is 46.6 Å². The molecule has 5 heteroatoms. The van der Waals surface area contributed by atoms with Gasteiger partial charge in [0.2, 0.25) is 10.0 Å². The van der Waals surface area contributed by atoms with Gasteiger partial charge in [0.15, 0.2) is 0 Å². The lowest BCUT2D eigenvalue weighted by Gasteiger charge is -2.19. The Labute approximate surface area is 144 Å². The third-order valence-electron chi connectivity index (χ3n) is 4.61. The lowest BCUT2D eigenvalue weighted by atomic mass is 10.1. The molecule has 4 nitrogen and oxygen atoms in total. The van der Waals surface area contributed by atoms with Crippen LogP contribution < -0.4 is 4.74 Å². The van der Waals surface area contributed by atoms with Crippen LogP contribution in [0.15, 0.2) is 41.3 Å². The molecular weight excluding hydrogens is 322 g/mol. The molecule has 0 aromatic heterocycles. The fourth-order valence-corrected chi connectivity index (χ4v) is 4.44. The van der Waals surface area contributed by atoms with E-state index in [0.29, 0.717) is 10.6 Å². The van der Waals surface area contributed by atoms with Gasteiger partial charge < -0.3 is 4.74 Å². The average Bonchev–Trinajstić information content (AvgIpc) is 3.02. The van der Waals surface area contributed by atoms with Crippen LogP contribution in [-0.2, 0) is 29.4 Å². The SMILES string of the molecule is COc1ccc(C)cc1CN(C)S(=O)(=O)c1ccc2c(c1)CCC2. The maximum absolute atomic E-state index is 12.9. The predicted octanol–water partition coefficient (Wildman–Crippen LogP) is 3.31. The molecular formula is C19H23NO3S. The number of hydrogen-bond donors (Lipinski definition) is 0. The maximum atomic E-state index is 12.9. The first-order valence-electron chi connectivity index (χ1n) is 8.13. The van der Waals surface area contributed by atoms with Gasteiger partial charge >= 0.3 is 0 Å². The number of sulfonamides is 1. The van der Waals surface area contributed by atoms with Crippen molar-refractivity contribution in [2.45, 2.75) is 37.6 Å². The van der Waals surface area contributed by atoms with Crippen LogP contribution in [0.3, 0.4) is 0 Å². The first-order chi connectivity index (χ1) is 11.4. The molecule has 128 valence electrons. The summed E-state index contributed by atoms with van der Waals surface area (Å²) in [5.41, 5.74) is 4.38. The van der Waals surface area contributed by atoms with Crippen LogP contribution in [0.1, 0.15) is 28.7 Å². The van der Waals surface area contributed by atoms with Crippen LogP contribution in [0.5, 0.6) is 5.75 Å². The van der Waals surface area contributed by atoms with Gasteiger partial charge in [-0.3, -0.25) is 0 Å². The van der Waals surface area contributed by atoms with Crippen LogP contribution in [0.2, 0.25) is 0 Å². The van der Waals surface area contributed by atoms with E-state index in [-0.39, 0.29) is 6.54 Å². The van der Waals surface area contributed by atoms with Crippen molar-refractivity contribution in [2.75, 3.05) is 14.2 Å². The second kappa shape index (κ2) is 6.57. The van der Waals surface area contributed by atoms with Crippen LogP contribution in [0, 0.1) is 6.92 Å². The molecule has 0 amide bonds. The lowest BCUT2D eigenvalue weighted by molar-refractivity contribution is 0.398. The maximum Gasteiger partial charge on any atom is 0.243 e. The summed E-state index contributed by atoms with van der Waals surface area (Å²) in [6.07, 6.45) is 3.12. The highest BCUT2D eigenvalue weighted by atomic mass is 32.2. The van der Waals surface area contributed by atoms with Crippen molar-refractivity contribution in [1.82, 2.24) is 4.31 Å². The minimum atomic E-state index is -3.52. The van der Waals surface area contributed by atoms with Crippen LogP contribution in [-0.4, -0.2) is 26.9 Å². The minimum Gasteiger partial charge on any atom is -0.496 e. The van der Waals surface area contributed by atoms with E-state index in [4.69, 9.17) is 4.74 Å². The van der Waals surface area contributed by atoms with Crippen molar-refractivity contribution in [3.05, 3.63) is 58.7 Å². The van der Waals surface area contributed by atoms with Crippen molar-refractivity contribution in [1.29, 1.82) is 0 Å². The Bertz CT molecular complexity index is 859. The zero-order valence-electron chi connectivity index (χ0n) is 14.4. The number of ether oxygens (including phenoxy) is 1. The Kier molecular flexibility index (Phi) is 4.65. The number of fused-ring (bicyclic) bond motifs is 1. The first-order valence-corrected chi connectivity index (χ1v) is 9.57. The van der Waals surface area contributed by atoms with E-state index in [1.807, 2.05) is 37.3 Å². The van der Waals surface area contributed by atoms with Gasteiger partial charge in [-0.1, -0.05) is 23.8 Å². The van der Waals surface area contributed by atoms with E-state index >= 15 is 0 Å². The highest BCUT2D eigenvalue weighted by Gasteiger charge is 2.24. The van der Waals surface area contributed by atoms with Crippen LogP contribution in [0.25, 0.3) is 0 Å². The quantitative estimate of drug-likeness (QED) is 0.835. The second-order valence-corrected chi connectivity index (χ2v) is 8.41. The smallest absolute Gasteiger partial charge is 0.243 e. The monoisotopic (exact) mass is 345 g/mol. The molecule has 1 aliphatic carbocycles. The van der Waals surface area contributed by atoms with Gasteiger partial charge in [0, 0.05) is 19.2 Å². The summed E-state index contributed by atoms with van der Waals surface area (Å²) in [5.74, 6) is 0.705. The molecule has 0 unspecified atom stereocenters. The van der Waals surface area contributed by atoms with Crippen LogP contribution in [0.4, 0.5) is 0 Å². The first kappa shape index (κ1) is 17.0. The summed E-state index contributed by atoms with van der Waals surface area (Å²) in [5, 5.41) is 0. The average molecular weight is 345 g/mol. The van der Waals surface area contributed by atoms with E-state index in [1.165, 1.54) is 9.87 Å². The number of rotatable bonds is 5. The summed E-state index contributed by atoms with van der Waals surface area (Å²) < 4.78 is 32.6. The van der Waals surface area contributed by atoms with Gasteiger partial charge in [-0.25, -0.2) is 8.42 Å². The Morgan fingerprint density at radius 3 is 2.58 bits per heavy atom. The fraction of sp³-hybridized carbons (Fsp3) is 0.368. The van der Waals surface area contributed by atoms with Gasteiger partial charge in [0.05, 0.1) is 12.0 Å². The predicted molar refractivity (Wildman–Crippen MR) is 94.9 cm³/mol. The van der Waals surface area contributed by atoms with E-state index in [0.717, 1.165) is 36.0 Å². The normalized spacial score (nSPS) is 14.0. The van der Waals surface area contributed by atoms with Crippen molar-refractivity contribution in [3.8, 4) is 5.75 Å². The lowest BCUT2D eigenvalue weighted by Crippen LogP contribution is -2.26. The summed E-state index contributed by atoms with van der Waals surface area (Å²) >= 11 is 0. The highest BCUT2D eigenvalue weighted by Crippen LogP contribution is 2.28. The molecule has 0 aliphatic heterocycles. The molecule has 2 aromatic carbocycles. The molecule has 0 spiro atoms. The minimum absolute atomic E-state index is 0.282. The zero-order chi connectivity index (χ0) is 17.3. The summed E-state index contributed by atoms with van der Waals surface area (Å²) in [6.45, 7) is 2.27. The van der Waals surface area contributed by atoms with E-state index < -0.39 is 10.0 Å². The molecule has 0 radical (unpaired) electrons. The van der Waals surface area contributed by atoms with Gasteiger partial charge in [0.25, 0.3) is 0 Å². The van der Waals surface area contributed by atoms with Crippen molar-refractivity contribution in [3.63, 3.8) is 0 Å². The number of benzene rings is 2. The molecule has 0 saturated carbocycles. The Hall–Kier alpha value is -1.85. The number of hydrogen-bond acceptors (Lipinski definition) is 3. The molecule has 24 heavy (non-hydrogen) atoms. The van der Waals surface area contributed by atoms with Crippen LogP contribution >= 0.6 is 0 Å². The summed E-state index contributed by atoms with van der Waals surface area (Å²) in [7, 11) is -0.303. The standard InChI is InChI=1S/C19H23NO3S/c1-14-7-10-19(23-3)17(11-14)13-20(2)24(21,22)18-9-8-15-5-4-6-16(15)12-18/h7-12H,4-6,13H2,1-3H3. The number of aryl methyl sites for hydroxylation is 3. The van der Waals surface area contributed by atoms with Crippen molar-refractivity contribution >= 4 is 10.0 Å². The third kappa shape index (κ3) is 3.19. The van der Waals surface area contributed by atoms with Crippen molar-refractivity contribution in [2.24, 2.45) is 0 Å². The Balaban J connectivity index is 1.89. The van der Waals surface area contributed by atoms with Gasteiger partial charge in [-0.2, -0.15) is 4.31 Å². The second-order valence-electron chi connectivity index (χ2n) is 6.36. The molecule has 3 rings (SSSR count).